The fourth-order valence-electron chi connectivity index (χ4n) is 2.24. The van der Waals surface area contributed by atoms with Gasteiger partial charge in [0.1, 0.15) is 0 Å². The average molecular weight is 208 g/mol. The molecule has 1 aliphatic rings. The third kappa shape index (κ3) is 2.21. The van der Waals surface area contributed by atoms with Crippen LogP contribution in [0.4, 0.5) is 0 Å². The minimum atomic E-state index is -4.34. The van der Waals surface area contributed by atoms with Gasteiger partial charge in [-0.15, -0.1) is 0 Å². The third-order valence-corrected chi connectivity index (χ3v) is 3.91. The molecular weight excluding hydrogens is 192 g/mol. The molecule has 0 aliphatic heterocycles. The van der Waals surface area contributed by atoms with Gasteiger partial charge in [-0.1, -0.05) is 13.8 Å². The van der Waals surface area contributed by atoms with Crippen molar-refractivity contribution in [2.75, 3.05) is 0 Å². The van der Waals surface area contributed by atoms with Gasteiger partial charge in [-0.2, -0.15) is 8.42 Å². The van der Waals surface area contributed by atoms with Crippen molar-refractivity contribution in [2.45, 2.75) is 38.0 Å². The van der Waals surface area contributed by atoms with Crippen LogP contribution in [0.15, 0.2) is 0 Å². The van der Waals surface area contributed by atoms with E-state index in [4.69, 9.17) is 4.55 Å². The molecule has 1 fully saturated rings. The molecule has 0 spiro atoms. The molecule has 0 amide bonds. The molecule has 2 N–H and O–H groups in total. The predicted octanol–water partition coefficient (Wildman–Crippen LogP) is 1.02. The molecule has 0 saturated heterocycles. The van der Waals surface area contributed by atoms with Crippen molar-refractivity contribution in [1.82, 2.24) is 0 Å². The van der Waals surface area contributed by atoms with Gasteiger partial charge in [-0.3, -0.25) is 4.55 Å². The highest BCUT2D eigenvalue weighted by molar-refractivity contribution is 7.87. The first kappa shape index (κ1) is 10.9. The average Bonchev–Trinajstić information content (AvgIpc) is 1.79. The van der Waals surface area contributed by atoms with Crippen LogP contribution in [0.3, 0.4) is 0 Å². The van der Waals surface area contributed by atoms with Crippen molar-refractivity contribution < 1.29 is 18.1 Å². The maximum Gasteiger partial charge on any atom is 0.294 e. The Morgan fingerprint density at radius 1 is 1.23 bits per heavy atom. The summed E-state index contributed by atoms with van der Waals surface area (Å²) in [4.78, 5) is -1.91. The summed E-state index contributed by atoms with van der Waals surface area (Å²) in [6, 6.07) is 0. The lowest BCUT2D eigenvalue weighted by atomic mass is 9.81. The standard InChI is InChI=1S/C8H16O4S/c1-6-3-7(2)5-8(9,4-6)13(10,11)12/h6-7,9H,3-5H2,1-2H3,(H,10,11,12). The maximum absolute atomic E-state index is 10.9. The highest BCUT2D eigenvalue weighted by Crippen LogP contribution is 2.38. The Kier molecular flexibility index (Phi) is 2.71. The van der Waals surface area contributed by atoms with Gasteiger partial charge in [0.05, 0.1) is 0 Å². The topological polar surface area (TPSA) is 74.6 Å². The second-order valence-electron chi connectivity index (χ2n) is 4.28. The van der Waals surface area contributed by atoms with E-state index < -0.39 is 15.1 Å². The zero-order valence-electron chi connectivity index (χ0n) is 7.90. The molecule has 0 aromatic rings. The normalized spacial score (nSPS) is 41.8. The summed E-state index contributed by atoms with van der Waals surface area (Å²) in [5.41, 5.74) is 0. The van der Waals surface area contributed by atoms with Crippen molar-refractivity contribution in [1.29, 1.82) is 0 Å². The molecule has 13 heavy (non-hydrogen) atoms. The molecule has 0 aromatic heterocycles. The Morgan fingerprint density at radius 2 is 1.62 bits per heavy atom. The lowest BCUT2D eigenvalue weighted by molar-refractivity contribution is 0.0322. The predicted molar refractivity (Wildman–Crippen MR) is 48.7 cm³/mol. The second-order valence-corrected chi connectivity index (χ2v) is 5.99. The van der Waals surface area contributed by atoms with Crippen LogP contribution in [-0.2, 0) is 10.1 Å². The molecule has 1 saturated carbocycles. The fourth-order valence-corrected chi connectivity index (χ4v) is 3.23. The lowest BCUT2D eigenvalue weighted by Crippen LogP contribution is -2.44. The van der Waals surface area contributed by atoms with E-state index in [2.05, 4.69) is 0 Å². The largest absolute Gasteiger partial charge is 0.372 e. The van der Waals surface area contributed by atoms with E-state index in [1.165, 1.54) is 0 Å². The van der Waals surface area contributed by atoms with Crippen molar-refractivity contribution in [3.63, 3.8) is 0 Å². The van der Waals surface area contributed by atoms with E-state index in [0.717, 1.165) is 6.42 Å². The fraction of sp³-hybridized carbons (Fsp3) is 1.00. The number of rotatable bonds is 1. The summed E-state index contributed by atoms with van der Waals surface area (Å²) in [6.45, 7) is 3.76. The Labute approximate surface area is 78.7 Å². The minimum absolute atomic E-state index is 0.135. The van der Waals surface area contributed by atoms with Gasteiger partial charge in [0.2, 0.25) is 0 Å². The molecule has 5 heteroatoms. The van der Waals surface area contributed by atoms with Crippen LogP contribution in [0.2, 0.25) is 0 Å². The summed E-state index contributed by atoms with van der Waals surface area (Å²) < 4.78 is 30.7. The van der Waals surface area contributed by atoms with Gasteiger partial charge in [0.25, 0.3) is 10.1 Å². The molecule has 2 unspecified atom stereocenters. The Bertz CT molecular complexity index is 273. The van der Waals surface area contributed by atoms with Crippen LogP contribution >= 0.6 is 0 Å². The van der Waals surface area contributed by atoms with Gasteiger partial charge in [-0.25, -0.2) is 0 Å². The number of hydrogen-bond donors (Lipinski definition) is 2. The summed E-state index contributed by atoms with van der Waals surface area (Å²) >= 11 is 0. The molecule has 0 aromatic carbocycles. The Hall–Kier alpha value is -0.130. The van der Waals surface area contributed by atoms with Crippen molar-refractivity contribution in [2.24, 2.45) is 11.8 Å². The van der Waals surface area contributed by atoms with Gasteiger partial charge in [-0.05, 0) is 31.1 Å². The van der Waals surface area contributed by atoms with E-state index in [1.807, 2.05) is 13.8 Å². The van der Waals surface area contributed by atoms with E-state index in [-0.39, 0.29) is 24.7 Å². The quantitative estimate of drug-likeness (QED) is 0.631. The summed E-state index contributed by atoms with van der Waals surface area (Å²) in [5, 5.41) is 9.71. The van der Waals surface area contributed by atoms with Crippen molar-refractivity contribution in [3.8, 4) is 0 Å². The van der Waals surface area contributed by atoms with Crippen LogP contribution in [0.5, 0.6) is 0 Å². The summed E-state index contributed by atoms with van der Waals surface area (Å²) in [7, 11) is -4.34. The highest BCUT2D eigenvalue weighted by Gasteiger charge is 2.45. The first-order valence-corrected chi connectivity index (χ1v) is 5.88. The van der Waals surface area contributed by atoms with E-state index >= 15 is 0 Å². The first-order chi connectivity index (χ1) is 5.74. The lowest BCUT2D eigenvalue weighted by Gasteiger charge is -2.36. The van der Waals surface area contributed by atoms with E-state index in [9.17, 15) is 13.5 Å². The van der Waals surface area contributed by atoms with Crippen LogP contribution < -0.4 is 0 Å². The molecule has 1 aliphatic carbocycles. The van der Waals surface area contributed by atoms with E-state index in [1.54, 1.807) is 0 Å². The highest BCUT2D eigenvalue weighted by atomic mass is 32.2. The minimum Gasteiger partial charge on any atom is -0.372 e. The summed E-state index contributed by atoms with van der Waals surface area (Å²) in [6.07, 6.45) is 1.17. The zero-order chi connectivity index (χ0) is 10.3. The van der Waals surface area contributed by atoms with Crippen LogP contribution in [-0.4, -0.2) is 23.0 Å². The molecular formula is C8H16O4S. The smallest absolute Gasteiger partial charge is 0.294 e. The number of hydrogen-bond acceptors (Lipinski definition) is 3. The third-order valence-electron chi connectivity index (χ3n) is 2.62. The van der Waals surface area contributed by atoms with Gasteiger partial charge in [0.15, 0.2) is 4.93 Å². The van der Waals surface area contributed by atoms with Crippen LogP contribution in [0, 0.1) is 11.8 Å². The SMILES string of the molecule is CC1CC(C)CC(O)(S(=O)(=O)O)C1. The number of aliphatic hydroxyl groups is 1. The molecule has 1 rings (SSSR count). The van der Waals surface area contributed by atoms with Gasteiger partial charge in [0, 0.05) is 0 Å². The maximum atomic E-state index is 10.9. The summed E-state index contributed by atoms with van der Waals surface area (Å²) in [5.74, 6) is 0.270. The molecule has 0 radical (unpaired) electrons. The van der Waals surface area contributed by atoms with Crippen molar-refractivity contribution >= 4 is 10.1 Å². The van der Waals surface area contributed by atoms with Gasteiger partial charge < -0.3 is 5.11 Å². The molecule has 4 nitrogen and oxygen atoms in total. The van der Waals surface area contributed by atoms with Gasteiger partial charge >= 0.3 is 0 Å². The molecule has 0 bridgehead atoms. The zero-order valence-corrected chi connectivity index (χ0v) is 8.71. The van der Waals surface area contributed by atoms with E-state index in [0.29, 0.717) is 0 Å². The Morgan fingerprint density at radius 3 is 1.92 bits per heavy atom. The monoisotopic (exact) mass is 208 g/mol. The molecule has 78 valence electrons. The molecule has 0 heterocycles. The molecule has 2 atom stereocenters. The second kappa shape index (κ2) is 3.22. The first-order valence-electron chi connectivity index (χ1n) is 4.44. The Balaban J connectivity index is 2.91. The van der Waals surface area contributed by atoms with Crippen LogP contribution in [0.25, 0.3) is 0 Å². The van der Waals surface area contributed by atoms with Crippen LogP contribution in [0.1, 0.15) is 33.1 Å². The van der Waals surface area contributed by atoms with Crippen molar-refractivity contribution in [3.05, 3.63) is 0 Å².